The van der Waals surface area contributed by atoms with Gasteiger partial charge in [-0.05, 0) is 13.3 Å². The van der Waals surface area contributed by atoms with E-state index >= 15 is 0 Å². The van der Waals surface area contributed by atoms with Gasteiger partial charge < -0.3 is 10.3 Å². The molecule has 124 valence electrons. The van der Waals surface area contributed by atoms with Gasteiger partial charge in [0.05, 0.1) is 18.5 Å². The first-order chi connectivity index (χ1) is 10.9. The van der Waals surface area contributed by atoms with Crippen LogP contribution >= 0.6 is 0 Å². The molecule has 0 aromatic carbocycles. The summed E-state index contributed by atoms with van der Waals surface area (Å²) in [4.78, 5) is 16.2. The molecule has 2 aromatic heterocycles. The Morgan fingerprint density at radius 1 is 1.30 bits per heavy atom. The molecule has 2 N–H and O–H groups in total. The van der Waals surface area contributed by atoms with Crippen molar-refractivity contribution in [1.82, 2.24) is 24.2 Å². The van der Waals surface area contributed by atoms with Crippen molar-refractivity contribution in [2.45, 2.75) is 26.3 Å². The monoisotopic (exact) mass is 336 g/mol. The largest absolute Gasteiger partial charge is 0.363 e. The van der Waals surface area contributed by atoms with Gasteiger partial charge in [-0.3, -0.25) is 0 Å². The second-order valence-corrected chi connectivity index (χ2v) is 7.58. The maximum Gasteiger partial charge on any atom is 0.211 e. The smallest absolute Gasteiger partial charge is 0.211 e. The molecule has 0 unspecified atom stereocenters. The van der Waals surface area contributed by atoms with Crippen LogP contribution in [-0.4, -0.2) is 52.0 Å². The Hall–Kier alpha value is -2.00. The number of hydrogen-bond acceptors (Lipinski definition) is 6. The first-order valence-electron chi connectivity index (χ1n) is 7.47. The van der Waals surface area contributed by atoms with Crippen LogP contribution in [0.3, 0.4) is 0 Å². The SMILES string of the molecule is Cc1nc2c(c(NCc3ncc[nH]3)n1)CCN(S(C)(=O)=O)CC2. The van der Waals surface area contributed by atoms with Crippen molar-refractivity contribution in [2.24, 2.45) is 0 Å². The number of aromatic amines is 1. The van der Waals surface area contributed by atoms with Crippen LogP contribution in [0.15, 0.2) is 12.4 Å². The predicted octanol–water partition coefficient (Wildman–Crippen LogP) is 0.480. The molecule has 0 amide bonds. The van der Waals surface area contributed by atoms with Gasteiger partial charge in [0.1, 0.15) is 17.5 Å². The molecule has 3 rings (SSSR count). The lowest BCUT2D eigenvalue weighted by molar-refractivity contribution is 0.430. The average molecular weight is 336 g/mol. The Kier molecular flexibility index (Phi) is 4.31. The standard InChI is InChI=1S/C14H20N6O2S/c1-10-18-12-4-8-20(23(2,21)22)7-3-11(12)14(19-10)17-9-13-15-5-6-16-13/h5-6H,3-4,7-9H2,1-2H3,(H,15,16)(H,17,18,19). The molecule has 0 atom stereocenters. The van der Waals surface area contributed by atoms with Gasteiger partial charge in [-0.1, -0.05) is 0 Å². The molecule has 1 aliphatic rings. The summed E-state index contributed by atoms with van der Waals surface area (Å²) in [5.41, 5.74) is 1.92. The van der Waals surface area contributed by atoms with Crippen molar-refractivity contribution >= 4 is 15.8 Å². The van der Waals surface area contributed by atoms with E-state index in [2.05, 4.69) is 25.3 Å². The summed E-state index contributed by atoms with van der Waals surface area (Å²) < 4.78 is 25.1. The van der Waals surface area contributed by atoms with Crippen LogP contribution < -0.4 is 5.32 Å². The van der Waals surface area contributed by atoms with Crippen molar-refractivity contribution in [1.29, 1.82) is 0 Å². The van der Waals surface area contributed by atoms with Gasteiger partial charge in [-0.15, -0.1) is 0 Å². The third kappa shape index (κ3) is 3.67. The summed E-state index contributed by atoms with van der Waals surface area (Å²) in [6.45, 7) is 3.29. The summed E-state index contributed by atoms with van der Waals surface area (Å²) in [6, 6.07) is 0. The maximum absolute atomic E-state index is 11.8. The zero-order valence-corrected chi connectivity index (χ0v) is 14.0. The van der Waals surface area contributed by atoms with Crippen molar-refractivity contribution in [3.63, 3.8) is 0 Å². The van der Waals surface area contributed by atoms with E-state index in [0.717, 1.165) is 22.9 Å². The van der Waals surface area contributed by atoms with Crippen molar-refractivity contribution in [2.75, 3.05) is 24.7 Å². The third-order valence-corrected chi connectivity index (χ3v) is 5.16. The lowest BCUT2D eigenvalue weighted by atomic mass is 10.1. The van der Waals surface area contributed by atoms with Crippen molar-refractivity contribution in [3.8, 4) is 0 Å². The van der Waals surface area contributed by atoms with Crippen LogP contribution in [0.25, 0.3) is 0 Å². The van der Waals surface area contributed by atoms with E-state index < -0.39 is 10.0 Å². The highest BCUT2D eigenvalue weighted by molar-refractivity contribution is 7.88. The summed E-state index contributed by atoms with van der Waals surface area (Å²) in [7, 11) is -3.19. The molecule has 8 nitrogen and oxygen atoms in total. The molecule has 0 radical (unpaired) electrons. The number of H-pyrrole nitrogens is 1. The molecule has 0 spiro atoms. The lowest BCUT2D eigenvalue weighted by Gasteiger charge is -2.16. The number of nitrogens with one attached hydrogen (secondary N) is 2. The van der Waals surface area contributed by atoms with Gasteiger partial charge in [0.2, 0.25) is 10.0 Å². The Bertz CT molecular complexity index is 788. The highest BCUT2D eigenvalue weighted by Gasteiger charge is 2.24. The van der Waals surface area contributed by atoms with Gasteiger partial charge in [0.15, 0.2) is 0 Å². The van der Waals surface area contributed by atoms with E-state index in [4.69, 9.17) is 0 Å². The molecule has 23 heavy (non-hydrogen) atoms. The molecule has 3 heterocycles. The van der Waals surface area contributed by atoms with Gasteiger partial charge in [-0.25, -0.2) is 27.7 Å². The van der Waals surface area contributed by atoms with Crippen LogP contribution in [-0.2, 0) is 29.4 Å². The number of aromatic nitrogens is 4. The normalized spacial score (nSPS) is 15.9. The first-order valence-corrected chi connectivity index (χ1v) is 9.32. The zero-order valence-electron chi connectivity index (χ0n) is 13.2. The molecule has 0 bridgehead atoms. The van der Waals surface area contributed by atoms with Crippen molar-refractivity contribution < 1.29 is 8.42 Å². The average Bonchev–Trinajstić information content (AvgIpc) is 2.89. The topological polar surface area (TPSA) is 104 Å². The highest BCUT2D eigenvalue weighted by atomic mass is 32.2. The minimum absolute atomic E-state index is 0.452. The van der Waals surface area contributed by atoms with Gasteiger partial charge >= 0.3 is 0 Å². The van der Waals surface area contributed by atoms with Gasteiger partial charge in [-0.2, -0.15) is 0 Å². The summed E-state index contributed by atoms with van der Waals surface area (Å²) in [5, 5.41) is 3.28. The number of imidazole rings is 1. The predicted molar refractivity (Wildman–Crippen MR) is 86.5 cm³/mol. The van der Waals surface area contributed by atoms with Crippen LogP contribution in [0.5, 0.6) is 0 Å². The van der Waals surface area contributed by atoms with E-state index in [1.54, 1.807) is 12.4 Å². The molecule has 1 aliphatic heterocycles. The Balaban J connectivity index is 1.84. The minimum atomic E-state index is -3.19. The Morgan fingerprint density at radius 3 is 2.78 bits per heavy atom. The fourth-order valence-electron chi connectivity index (χ4n) is 2.74. The Morgan fingerprint density at radius 2 is 2.09 bits per heavy atom. The fourth-order valence-corrected chi connectivity index (χ4v) is 3.59. The van der Waals surface area contributed by atoms with E-state index in [1.165, 1.54) is 10.6 Å². The molecular formula is C14H20N6O2S. The van der Waals surface area contributed by atoms with Gasteiger partial charge in [0, 0.05) is 37.5 Å². The molecule has 0 saturated carbocycles. The lowest BCUT2D eigenvalue weighted by Crippen LogP contribution is -2.32. The van der Waals surface area contributed by atoms with E-state index in [1.807, 2.05) is 6.92 Å². The fraction of sp³-hybridized carbons (Fsp3) is 0.500. The molecule has 0 saturated heterocycles. The van der Waals surface area contributed by atoms with Crippen LogP contribution in [0.4, 0.5) is 5.82 Å². The number of fused-ring (bicyclic) bond motifs is 1. The number of anilines is 1. The minimum Gasteiger partial charge on any atom is -0.363 e. The summed E-state index contributed by atoms with van der Waals surface area (Å²) >= 11 is 0. The molecule has 2 aromatic rings. The Labute approximate surface area is 135 Å². The quantitative estimate of drug-likeness (QED) is 0.842. The third-order valence-electron chi connectivity index (χ3n) is 3.86. The number of hydrogen-bond donors (Lipinski definition) is 2. The molecule has 0 aliphatic carbocycles. The van der Waals surface area contributed by atoms with Crippen molar-refractivity contribution in [3.05, 3.63) is 35.3 Å². The number of aryl methyl sites for hydroxylation is 1. The van der Waals surface area contributed by atoms with E-state index in [9.17, 15) is 8.42 Å². The maximum atomic E-state index is 11.8. The van der Waals surface area contributed by atoms with Crippen LogP contribution in [0, 0.1) is 6.92 Å². The zero-order chi connectivity index (χ0) is 16.4. The van der Waals surface area contributed by atoms with Crippen LogP contribution in [0.1, 0.15) is 22.9 Å². The highest BCUT2D eigenvalue weighted by Crippen LogP contribution is 2.22. The number of nitrogens with zero attached hydrogens (tertiary/aromatic N) is 4. The van der Waals surface area contributed by atoms with E-state index in [0.29, 0.717) is 38.3 Å². The summed E-state index contributed by atoms with van der Waals surface area (Å²) in [6.07, 6.45) is 5.92. The van der Waals surface area contributed by atoms with E-state index in [-0.39, 0.29) is 0 Å². The molecule has 0 fully saturated rings. The first kappa shape index (κ1) is 15.9. The second kappa shape index (κ2) is 6.25. The molecular weight excluding hydrogens is 316 g/mol. The van der Waals surface area contributed by atoms with Crippen LogP contribution in [0.2, 0.25) is 0 Å². The summed E-state index contributed by atoms with van der Waals surface area (Å²) in [5.74, 6) is 2.26. The second-order valence-electron chi connectivity index (χ2n) is 5.60. The number of sulfonamides is 1. The van der Waals surface area contributed by atoms with Gasteiger partial charge in [0.25, 0.3) is 0 Å². The number of rotatable bonds is 4. The molecule has 9 heteroatoms.